The molecule has 1 fully saturated rings. The van der Waals surface area contributed by atoms with E-state index in [0.717, 1.165) is 36.3 Å². The summed E-state index contributed by atoms with van der Waals surface area (Å²) < 4.78 is 15.2. The molecule has 5 N–H and O–H groups in total. The van der Waals surface area contributed by atoms with E-state index < -0.39 is 11.5 Å². The highest BCUT2D eigenvalue weighted by Crippen LogP contribution is 2.23. The Labute approximate surface area is 163 Å². The third-order valence-corrected chi connectivity index (χ3v) is 4.78. The number of aryl methyl sites for hydroxylation is 2. The van der Waals surface area contributed by atoms with Crippen LogP contribution in [0.3, 0.4) is 0 Å². The maximum Gasteiger partial charge on any atom is 0.156 e. The van der Waals surface area contributed by atoms with Crippen molar-refractivity contribution in [3.05, 3.63) is 47.2 Å². The Kier molecular flexibility index (Phi) is 5.81. The van der Waals surface area contributed by atoms with E-state index in [0.29, 0.717) is 23.4 Å². The molecule has 0 radical (unpaired) electrons. The van der Waals surface area contributed by atoms with Crippen LogP contribution in [0.15, 0.2) is 30.2 Å². The van der Waals surface area contributed by atoms with Gasteiger partial charge in [0.05, 0.1) is 23.3 Å². The van der Waals surface area contributed by atoms with Crippen molar-refractivity contribution < 1.29 is 4.39 Å². The summed E-state index contributed by atoms with van der Waals surface area (Å²) in [4.78, 5) is 4.36. The van der Waals surface area contributed by atoms with Gasteiger partial charge in [-0.15, -0.1) is 0 Å². The molecule has 148 valence electrons. The van der Waals surface area contributed by atoms with Gasteiger partial charge in [-0.3, -0.25) is 10.8 Å². The Morgan fingerprint density at radius 2 is 2.04 bits per heavy atom. The molecule has 0 amide bonds. The number of hydrogen-bond donors (Lipinski definition) is 4. The number of halogens is 1. The van der Waals surface area contributed by atoms with Crippen LogP contribution < -0.4 is 11.1 Å². The van der Waals surface area contributed by atoms with Crippen molar-refractivity contribution >= 4 is 22.6 Å². The Morgan fingerprint density at radius 3 is 2.64 bits per heavy atom. The molecule has 4 rings (SSSR count). The number of hydrogen-bond acceptors (Lipinski definition) is 6. The minimum absolute atomic E-state index is 0.152. The van der Waals surface area contributed by atoms with E-state index in [1.807, 2.05) is 13.8 Å². The van der Waals surface area contributed by atoms with E-state index in [1.54, 1.807) is 16.8 Å². The van der Waals surface area contributed by atoms with Gasteiger partial charge in [-0.2, -0.15) is 5.10 Å². The van der Waals surface area contributed by atoms with Crippen LogP contribution in [0.25, 0.3) is 11.2 Å². The Bertz CT molecular complexity index is 978. The largest absolute Gasteiger partial charge is 0.328 e. The van der Waals surface area contributed by atoms with Crippen LogP contribution in [0.1, 0.15) is 36.7 Å². The number of rotatable bonds is 1. The molecule has 0 spiro atoms. The fraction of sp³-hybridized carbons (Fsp3) is 0.400. The summed E-state index contributed by atoms with van der Waals surface area (Å²) in [7, 11) is 0. The minimum atomic E-state index is -0.714. The number of aromatic nitrogens is 3. The van der Waals surface area contributed by atoms with Crippen LogP contribution in [0.2, 0.25) is 0 Å². The molecule has 28 heavy (non-hydrogen) atoms. The average molecular weight is 383 g/mol. The smallest absolute Gasteiger partial charge is 0.156 e. The molecule has 2 aromatic heterocycles. The number of nitrogens with zero attached hydrogens (tertiary/aromatic N) is 3. The highest BCUT2D eigenvalue weighted by atomic mass is 19.1. The molecule has 7 nitrogen and oxygen atoms in total. The number of allylic oxidation sites excluding steroid dienone is 4. The summed E-state index contributed by atoms with van der Waals surface area (Å²) in [6.45, 7) is 7.06. The molecule has 0 saturated carbocycles. The molecule has 8 heteroatoms. The van der Waals surface area contributed by atoms with E-state index >= 15 is 0 Å². The molecule has 1 aliphatic heterocycles. The van der Waals surface area contributed by atoms with E-state index in [1.165, 1.54) is 12.2 Å². The van der Waals surface area contributed by atoms with Crippen molar-refractivity contribution in [1.29, 1.82) is 10.8 Å². The second kappa shape index (κ2) is 8.12. The summed E-state index contributed by atoms with van der Waals surface area (Å²) >= 11 is 0. The molecule has 2 aromatic rings. The lowest BCUT2D eigenvalue weighted by Crippen LogP contribution is -2.41. The summed E-state index contributed by atoms with van der Waals surface area (Å²) in [5, 5.41) is 22.7. The number of nitrogens with one attached hydrogen (secondary N) is 3. The predicted molar refractivity (Wildman–Crippen MR) is 110 cm³/mol. The monoisotopic (exact) mass is 383 g/mol. The van der Waals surface area contributed by atoms with Crippen LogP contribution >= 0.6 is 0 Å². The quantitative estimate of drug-likeness (QED) is 0.567. The Balaban J connectivity index is 0.000000236. The van der Waals surface area contributed by atoms with Crippen molar-refractivity contribution in [1.82, 2.24) is 19.9 Å². The van der Waals surface area contributed by atoms with Gasteiger partial charge in [-0.05, 0) is 63.9 Å². The van der Waals surface area contributed by atoms with E-state index in [4.69, 9.17) is 16.6 Å². The summed E-state index contributed by atoms with van der Waals surface area (Å²) in [6, 6.07) is 2.89. The van der Waals surface area contributed by atoms with Gasteiger partial charge in [0.15, 0.2) is 11.5 Å². The zero-order valence-corrected chi connectivity index (χ0v) is 16.4. The van der Waals surface area contributed by atoms with Crippen LogP contribution in [-0.4, -0.2) is 44.6 Å². The standard InChI is InChI=1S/C14H12FN5.C6H14N2/c1-7-3-12(19-20-6-8(2)18-14(7)20)9-4-10(15)13(17)11(16)5-9;1-5-4-6(7)2-3-8-5/h3-6,16-17H,1-2H3;5-6,8H,2-4,7H2,1H3. The normalized spacial score (nSPS) is 22.5. The Morgan fingerprint density at radius 1 is 1.29 bits per heavy atom. The number of imidazole rings is 1. The molecular weight excluding hydrogens is 357 g/mol. The van der Waals surface area contributed by atoms with Gasteiger partial charge in [0.25, 0.3) is 0 Å². The van der Waals surface area contributed by atoms with Gasteiger partial charge in [-0.25, -0.2) is 13.9 Å². The summed E-state index contributed by atoms with van der Waals surface area (Å²) in [5.41, 5.74) is 8.71. The first-order valence-electron chi connectivity index (χ1n) is 9.34. The average Bonchev–Trinajstić information content (AvgIpc) is 3.00. The first-order chi connectivity index (χ1) is 13.2. The van der Waals surface area contributed by atoms with Crippen LogP contribution in [0.4, 0.5) is 4.39 Å². The molecule has 1 saturated heterocycles. The number of fused-ring (bicyclic) bond motifs is 1. The van der Waals surface area contributed by atoms with Crippen molar-refractivity contribution in [3.63, 3.8) is 0 Å². The Hall–Kier alpha value is -2.71. The maximum atomic E-state index is 13.6. The van der Waals surface area contributed by atoms with Crippen LogP contribution in [0, 0.1) is 24.7 Å². The van der Waals surface area contributed by atoms with Gasteiger partial charge in [0.2, 0.25) is 0 Å². The minimum Gasteiger partial charge on any atom is -0.328 e. The lowest BCUT2D eigenvalue weighted by Gasteiger charge is -2.24. The van der Waals surface area contributed by atoms with E-state index in [-0.39, 0.29) is 5.71 Å². The third-order valence-electron chi connectivity index (χ3n) is 4.78. The fourth-order valence-corrected chi connectivity index (χ4v) is 3.31. The molecule has 1 aliphatic carbocycles. The van der Waals surface area contributed by atoms with Crippen LogP contribution in [0.5, 0.6) is 0 Å². The van der Waals surface area contributed by atoms with E-state index in [2.05, 4.69) is 22.3 Å². The number of nitrogens with two attached hydrogens (primary N) is 1. The van der Waals surface area contributed by atoms with Gasteiger partial charge in [0, 0.05) is 17.7 Å². The predicted octanol–water partition coefficient (Wildman–Crippen LogP) is 2.72. The van der Waals surface area contributed by atoms with Crippen molar-refractivity contribution in [2.24, 2.45) is 5.73 Å². The van der Waals surface area contributed by atoms with Crippen molar-refractivity contribution in [2.45, 2.75) is 45.7 Å². The molecular formula is C20H26FN7. The molecule has 0 aromatic carbocycles. The third kappa shape index (κ3) is 4.40. The zero-order valence-electron chi connectivity index (χ0n) is 16.4. The number of piperidine rings is 1. The highest BCUT2D eigenvalue weighted by Gasteiger charge is 2.18. The zero-order chi connectivity index (χ0) is 20.4. The maximum absolute atomic E-state index is 13.6. The lowest BCUT2D eigenvalue weighted by atomic mass is 10.00. The van der Waals surface area contributed by atoms with Crippen molar-refractivity contribution in [3.8, 4) is 0 Å². The van der Waals surface area contributed by atoms with Gasteiger partial charge < -0.3 is 11.1 Å². The topological polar surface area (TPSA) is 116 Å². The SMILES string of the molecule is CC1CC(N)CCN1.Cc1cn2nc(C3=CC(=N)C(=N)C(F)=C3)cc(C)c2n1. The lowest BCUT2D eigenvalue weighted by molar-refractivity contribution is 0.381. The first-order valence-corrected chi connectivity index (χ1v) is 9.34. The summed E-state index contributed by atoms with van der Waals surface area (Å²) in [5.74, 6) is -0.714. The van der Waals surface area contributed by atoms with E-state index in [9.17, 15) is 4.39 Å². The second-order valence-corrected chi connectivity index (χ2v) is 7.38. The molecule has 3 heterocycles. The van der Waals surface area contributed by atoms with Gasteiger partial charge in [-0.1, -0.05) is 0 Å². The van der Waals surface area contributed by atoms with Gasteiger partial charge >= 0.3 is 0 Å². The molecule has 2 aliphatic rings. The molecule has 0 bridgehead atoms. The highest BCUT2D eigenvalue weighted by molar-refractivity contribution is 6.51. The molecule has 2 atom stereocenters. The first kappa shape index (κ1) is 20.0. The fourth-order valence-electron chi connectivity index (χ4n) is 3.31. The summed E-state index contributed by atoms with van der Waals surface area (Å²) in [6.07, 6.45) is 6.76. The second-order valence-electron chi connectivity index (χ2n) is 7.38. The molecule has 2 unspecified atom stereocenters. The van der Waals surface area contributed by atoms with Crippen LogP contribution in [-0.2, 0) is 0 Å². The van der Waals surface area contributed by atoms with Crippen molar-refractivity contribution in [2.75, 3.05) is 6.54 Å². The van der Waals surface area contributed by atoms with Gasteiger partial charge in [0.1, 0.15) is 5.71 Å².